The van der Waals surface area contributed by atoms with Crippen molar-refractivity contribution in [1.29, 1.82) is 0 Å². The molecule has 2 N–H and O–H groups in total. The molecule has 0 spiro atoms. The van der Waals surface area contributed by atoms with Crippen LogP contribution in [0.15, 0.2) is 18.3 Å². The number of nitrogens with one attached hydrogen (secondary N) is 1. The van der Waals surface area contributed by atoms with Crippen LogP contribution in [0.5, 0.6) is 0 Å². The van der Waals surface area contributed by atoms with E-state index in [1.54, 1.807) is 6.20 Å². The van der Waals surface area contributed by atoms with Gasteiger partial charge in [-0.05, 0) is 36.1 Å². The average molecular weight is 269 g/mol. The molecule has 0 saturated carbocycles. The van der Waals surface area contributed by atoms with Gasteiger partial charge in [-0.2, -0.15) is 0 Å². The fourth-order valence-electron chi connectivity index (χ4n) is 1.72. The molecule has 0 unspecified atom stereocenters. The first kappa shape index (κ1) is 14.2. The van der Waals surface area contributed by atoms with Crippen molar-refractivity contribution >= 4 is 36.2 Å². The Bertz CT molecular complexity index is 500. The number of carboxylic acids is 1. The zero-order valence-electron chi connectivity index (χ0n) is 9.55. The number of fused-ring (bicyclic) bond motifs is 1. The van der Waals surface area contributed by atoms with E-state index in [-0.39, 0.29) is 18.3 Å². The van der Waals surface area contributed by atoms with Crippen LogP contribution in [0.2, 0.25) is 0 Å². The largest absolute Gasteiger partial charge is 0.478 e. The average Bonchev–Trinajstić information content (AvgIpc) is 2.46. The molecule has 1 aliphatic heterocycles. The zero-order valence-corrected chi connectivity index (χ0v) is 10.4. The number of carboxylic acid groups (broad SMARTS) is 1. The lowest BCUT2D eigenvalue weighted by Crippen LogP contribution is -2.10. The van der Waals surface area contributed by atoms with Crippen molar-refractivity contribution in [3.63, 3.8) is 0 Å². The van der Waals surface area contributed by atoms with Crippen molar-refractivity contribution in [2.75, 3.05) is 5.32 Å². The van der Waals surface area contributed by atoms with Crippen molar-refractivity contribution < 1.29 is 14.7 Å². The molecule has 1 amide bonds. The van der Waals surface area contributed by atoms with E-state index in [1.807, 2.05) is 6.07 Å². The third kappa shape index (κ3) is 3.56. The first-order valence-corrected chi connectivity index (χ1v) is 5.35. The van der Waals surface area contributed by atoms with E-state index >= 15 is 0 Å². The summed E-state index contributed by atoms with van der Waals surface area (Å²) in [4.78, 5) is 25.8. The Labute approximate surface area is 110 Å². The van der Waals surface area contributed by atoms with E-state index in [0.29, 0.717) is 12.2 Å². The number of rotatable bonds is 2. The molecule has 96 valence electrons. The molecule has 2 rings (SSSR count). The Balaban J connectivity index is 0.00000162. The summed E-state index contributed by atoms with van der Waals surface area (Å²) in [5.41, 5.74) is 1.67. The molecule has 5 nitrogen and oxygen atoms in total. The van der Waals surface area contributed by atoms with Gasteiger partial charge in [0.15, 0.2) is 0 Å². The highest BCUT2D eigenvalue weighted by atomic mass is 35.5. The van der Waals surface area contributed by atoms with E-state index in [0.717, 1.165) is 30.0 Å². The fourth-order valence-corrected chi connectivity index (χ4v) is 1.72. The molecule has 1 aromatic rings. The molecule has 0 fully saturated rings. The van der Waals surface area contributed by atoms with Gasteiger partial charge in [-0.25, -0.2) is 9.78 Å². The van der Waals surface area contributed by atoms with Gasteiger partial charge in [0.2, 0.25) is 5.91 Å². The Morgan fingerprint density at radius 1 is 1.44 bits per heavy atom. The minimum Gasteiger partial charge on any atom is -0.478 e. The number of aromatic nitrogens is 1. The molecular weight excluding hydrogens is 256 g/mol. The maximum Gasteiger partial charge on any atom is 0.328 e. The number of amides is 1. The standard InChI is InChI=1S/C12H12N2O3.ClH/c15-10-3-1-2-9-6-8(4-5-11(16)17)7-13-12(9)14-10;/h4-7H,1-3H2,(H,16,17)(H,13,14,15);1H/b5-4+;. The smallest absolute Gasteiger partial charge is 0.328 e. The predicted octanol–water partition coefficient (Wildman–Crippen LogP) is 1.88. The number of carbonyl (C=O) groups excluding carboxylic acids is 1. The molecule has 0 atom stereocenters. The Morgan fingerprint density at radius 3 is 2.94 bits per heavy atom. The van der Waals surface area contributed by atoms with Gasteiger partial charge >= 0.3 is 5.97 Å². The van der Waals surface area contributed by atoms with Crippen molar-refractivity contribution in [2.45, 2.75) is 19.3 Å². The summed E-state index contributed by atoms with van der Waals surface area (Å²) >= 11 is 0. The second-order valence-corrected chi connectivity index (χ2v) is 3.85. The first-order chi connectivity index (χ1) is 8.15. The summed E-state index contributed by atoms with van der Waals surface area (Å²) in [5, 5.41) is 11.3. The van der Waals surface area contributed by atoms with Gasteiger partial charge in [-0.15, -0.1) is 12.4 Å². The Hall–Kier alpha value is -1.88. The van der Waals surface area contributed by atoms with E-state index in [4.69, 9.17) is 5.11 Å². The van der Waals surface area contributed by atoms with Gasteiger partial charge in [-0.1, -0.05) is 0 Å². The number of anilines is 1. The summed E-state index contributed by atoms with van der Waals surface area (Å²) < 4.78 is 0. The van der Waals surface area contributed by atoms with Crippen LogP contribution < -0.4 is 5.32 Å². The van der Waals surface area contributed by atoms with E-state index in [9.17, 15) is 9.59 Å². The van der Waals surface area contributed by atoms with Gasteiger partial charge in [-0.3, -0.25) is 4.79 Å². The molecule has 1 aliphatic rings. The lowest BCUT2D eigenvalue weighted by Gasteiger charge is -2.05. The van der Waals surface area contributed by atoms with Gasteiger partial charge in [0.05, 0.1) is 0 Å². The normalized spacial score (nSPS) is 14.3. The third-order valence-electron chi connectivity index (χ3n) is 2.51. The zero-order chi connectivity index (χ0) is 12.3. The van der Waals surface area contributed by atoms with Crippen molar-refractivity contribution in [2.24, 2.45) is 0 Å². The van der Waals surface area contributed by atoms with Crippen LogP contribution >= 0.6 is 12.4 Å². The lowest BCUT2D eigenvalue weighted by molar-refractivity contribution is -0.131. The molecule has 0 bridgehead atoms. The Morgan fingerprint density at radius 2 is 2.22 bits per heavy atom. The molecule has 0 aliphatic carbocycles. The van der Waals surface area contributed by atoms with E-state index in [1.165, 1.54) is 6.08 Å². The van der Waals surface area contributed by atoms with Gasteiger partial charge < -0.3 is 10.4 Å². The van der Waals surface area contributed by atoms with Crippen LogP contribution in [0.25, 0.3) is 6.08 Å². The summed E-state index contributed by atoms with van der Waals surface area (Å²) in [5.74, 6) is -0.432. The van der Waals surface area contributed by atoms with E-state index < -0.39 is 5.97 Å². The number of halogens is 1. The van der Waals surface area contributed by atoms with Gasteiger partial charge in [0, 0.05) is 18.7 Å². The number of nitrogens with zero attached hydrogens (tertiary/aromatic N) is 1. The van der Waals surface area contributed by atoms with Crippen LogP contribution in [-0.2, 0) is 16.0 Å². The molecular formula is C12H13ClN2O3. The fraction of sp³-hybridized carbons (Fsp3) is 0.250. The summed E-state index contributed by atoms with van der Waals surface area (Å²) in [6, 6.07) is 1.85. The minimum absolute atomic E-state index is 0. The van der Waals surface area contributed by atoms with Crippen LogP contribution in [0.1, 0.15) is 24.0 Å². The lowest BCUT2D eigenvalue weighted by atomic mass is 10.1. The minimum atomic E-state index is -0.992. The third-order valence-corrected chi connectivity index (χ3v) is 2.51. The number of aliphatic carboxylic acids is 1. The first-order valence-electron chi connectivity index (χ1n) is 5.35. The molecule has 0 aromatic carbocycles. The van der Waals surface area contributed by atoms with Crippen molar-refractivity contribution in [3.8, 4) is 0 Å². The summed E-state index contributed by atoms with van der Waals surface area (Å²) in [7, 11) is 0. The molecule has 6 heteroatoms. The molecule has 2 heterocycles. The number of pyridine rings is 1. The van der Waals surface area contributed by atoms with Crippen molar-refractivity contribution in [1.82, 2.24) is 4.98 Å². The van der Waals surface area contributed by atoms with Crippen molar-refractivity contribution in [3.05, 3.63) is 29.5 Å². The highest BCUT2D eigenvalue weighted by Gasteiger charge is 2.13. The second-order valence-electron chi connectivity index (χ2n) is 3.85. The van der Waals surface area contributed by atoms with E-state index in [2.05, 4.69) is 10.3 Å². The van der Waals surface area contributed by atoms with Gasteiger partial charge in [0.25, 0.3) is 0 Å². The summed E-state index contributed by atoms with van der Waals surface area (Å²) in [6.45, 7) is 0. The molecule has 1 aromatic heterocycles. The highest BCUT2D eigenvalue weighted by molar-refractivity contribution is 5.91. The second kappa shape index (κ2) is 6.16. The van der Waals surface area contributed by atoms with Gasteiger partial charge in [0.1, 0.15) is 5.82 Å². The summed E-state index contributed by atoms with van der Waals surface area (Å²) in [6.07, 6.45) is 6.16. The number of hydrogen-bond donors (Lipinski definition) is 2. The maximum atomic E-state index is 11.3. The molecule has 0 radical (unpaired) electrons. The Kier molecular flexibility index (Phi) is 4.85. The quantitative estimate of drug-likeness (QED) is 0.803. The number of hydrogen-bond acceptors (Lipinski definition) is 3. The predicted molar refractivity (Wildman–Crippen MR) is 69.7 cm³/mol. The maximum absolute atomic E-state index is 11.3. The highest BCUT2D eigenvalue weighted by Crippen LogP contribution is 2.21. The topological polar surface area (TPSA) is 79.3 Å². The van der Waals surface area contributed by atoms with Crippen LogP contribution in [0, 0.1) is 0 Å². The van der Waals surface area contributed by atoms with Crippen LogP contribution in [0.4, 0.5) is 5.82 Å². The number of aryl methyl sites for hydroxylation is 1. The number of carbonyl (C=O) groups is 2. The SMILES string of the molecule is Cl.O=C(O)/C=C/c1cnc2c(c1)CCCC(=O)N2. The van der Waals surface area contributed by atoms with Crippen LogP contribution in [-0.4, -0.2) is 22.0 Å². The molecule has 18 heavy (non-hydrogen) atoms. The van der Waals surface area contributed by atoms with Crippen LogP contribution in [0.3, 0.4) is 0 Å². The molecule has 0 saturated heterocycles. The monoisotopic (exact) mass is 268 g/mol.